The van der Waals surface area contributed by atoms with Gasteiger partial charge in [-0.25, -0.2) is 12.8 Å². The quantitative estimate of drug-likeness (QED) is 0.742. The second-order valence-corrected chi connectivity index (χ2v) is 9.79. The Balaban J connectivity index is 1.78. The molecule has 0 radical (unpaired) electrons. The summed E-state index contributed by atoms with van der Waals surface area (Å²) in [5.41, 5.74) is 0.455. The van der Waals surface area contributed by atoms with E-state index in [-0.39, 0.29) is 23.2 Å². The van der Waals surface area contributed by atoms with Gasteiger partial charge in [0.05, 0.1) is 29.1 Å². The van der Waals surface area contributed by atoms with Gasteiger partial charge in [-0.3, -0.25) is 0 Å². The minimum Gasteiger partial charge on any atom is -0.315 e. The minimum absolute atomic E-state index is 0.111. The maximum Gasteiger partial charge on any atom is 0.202 e. The Morgan fingerprint density at radius 3 is 2.81 bits per heavy atom. The van der Waals surface area contributed by atoms with Crippen molar-refractivity contribution in [1.82, 2.24) is 14.3 Å². The van der Waals surface area contributed by atoms with Gasteiger partial charge >= 0.3 is 0 Å². The number of nitrogens with zero attached hydrogens (tertiary/aromatic N) is 3. The predicted molar refractivity (Wildman–Crippen MR) is 100 cm³/mol. The monoisotopic (exact) mass is 419 g/mol. The van der Waals surface area contributed by atoms with E-state index in [2.05, 4.69) is 5.10 Å². The number of hydrogen-bond donors (Lipinski definition) is 1. The van der Waals surface area contributed by atoms with Crippen LogP contribution in [0.3, 0.4) is 0 Å². The van der Waals surface area contributed by atoms with Gasteiger partial charge in [0.15, 0.2) is 16.5 Å². The van der Waals surface area contributed by atoms with Gasteiger partial charge in [-0.05, 0) is 30.8 Å². The lowest BCUT2D eigenvalue weighted by Crippen LogP contribution is -3.07. The van der Waals surface area contributed by atoms with Crippen LogP contribution in [-0.2, 0) is 30.1 Å². The second kappa shape index (κ2) is 7.38. The molecule has 1 aliphatic heterocycles. The van der Waals surface area contributed by atoms with Crippen molar-refractivity contribution in [3.05, 3.63) is 45.2 Å². The fourth-order valence-corrected chi connectivity index (χ4v) is 5.44. The molecule has 142 valence electrons. The van der Waals surface area contributed by atoms with Gasteiger partial charge in [-0.2, -0.15) is 9.78 Å². The standard InChI is InChI=1S/C16H20ClFN4O2S2/c1-20(8-12-13(17)4-3-5-14(12)18)10-22-16(25)21(2)15(19-22)11-6-7-26(23,24)9-11/h3-5,11H,6-10H2,1-2H3/p+1/t11-/m0/s1. The Labute approximate surface area is 162 Å². The minimum atomic E-state index is -3.00. The molecule has 1 fully saturated rings. The molecular weight excluding hydrogens is 399 g/mol. The number of aromatic nitrogens is 3. The molecule has 2 aromatic rings. The number of sulfone groups is 1. The Morgan fingerprint density at radius 2 is 2.19 bits per heavy atom. The van der Waals surface area contributed by atoms with Gasteiger partial charge in [-0.15, -0.1) is 0 Å². The molecule has 1 unspecified atom stereocenters. The normalized spacial score (nSPS) is 20.4. The number of nitrogens with one attached hydrogen (secondary N) is 1. The van der Waals surface area contributed by atoms with Crippen LogP contribution in [0.25, 0.3) is 0 Å². The van der Waals surface area contributed by atoms with E-state index >= 15 is 0 Å². The first-order valence-corrected chi connectivity index (χ1v) is 10.9. The maximum absolute atomic E-state index is 14.0. The number of halogens is 2. The Bertz CT molecular complexity index is 966. The SMILES string of the molecule is Cn1c([C@H]2CCS(=O)(=O)C2)nn(C[NH+](C)Cc2c(F)cccc2Cl)c1=S. The zero-order valence-corrected chi connectivity index (χ0v) is 17.0. The van der Waals surface area contributed by atoms with Crippen molar-refractivity contribution < 1.29 is 17.7 Å². The third kappa shape index (κ3) is 4.00. The molecule has 3 rings (SSSR count). The molecule has 0 bridgehead atoms. The Hall–Kier alpha value is -1.29. The van der Waals surface area contributed by atoms with Crippen LogP contribution in [0.1, 0.15) is 23.7 Å². The zero-order valence-electron chi connectivity index (χ0n) is 14.6. The highest BCUT2D eigenvalue weighted by Crippen LogP contribution is 2.27. The molecule has 1 aromatic heterocycles. The summed E-state index contributed by atoms with van der Waals surface area (Å²) in [6.07, 6.45) is 0.565. The third-order valence-electron chi connectivity index (χ3n) is 4.63. The van der Waals surface area contributed by atoms with Crippen LogP contribution in [0.2, 0.25) is 5.02 Å². The molecule has 2 atom stereocenters. The molecular formula is C16H21ClFN4O2S2+. The van der Waals surface area contributed by atoms with Gasteiger partial charge in [0.2, 0.25) is 4.77 Å². The molecule has 2 heterocycles. The fourth-order valence-electron chi connectivity index (χ4n) is 3.28. The summed E-state index contributed by atoms with van der Waals surface area (Å²) in [6, 6.07) is 4.63. The highest BCUT2D eigenvalue weighted by atomic mass is 35.5. The van der Waals surface area contributed by atoms with Crippen LogP contribution < -0.4 is 4.90 Å². The van der Waals surface area contributed by atoms with Crippen LogP contribution in [0.4, 0.5) is 4.39 Å². The average molecular weight is 420 g/mol. The van der Waals surface area contributed by atoms with Crippen molar-refractivity contribution in [3.63, 3.8) is 0 Å². The molecule has 1 saturated heterocycles. The van der Waals surface area contributed by atoms with Crippen molar-refractivity contribution in [2.75, 3.05) is 18.6 Å². The summed E-state index contributed by atoms with van der Waals surface area (Å²) >= 11 is 11.5. The second-order valence-electron chi connectivity index (χ2n) is 6.79. The summed E-state index contributed by atoms with van der Waals surface area (Å²) in [4.78, 5) is 0.955. The van der Waals surface area contributed by atoms with Gasteiger partial charge in [0, 0.05) is 13.0 Å². The number of quaternary nitrogens is 1. The first-order chi connectivity index (χ1) is 12.2. The number of hydrogen-bond acceptors (Lipinski definition) is 4. The van der Waals surface area contributed by atoms with Crippen LogP contribution in [0.5, 0.6) is 0 Å². The lowest BCUT2D eigenvalue weighted by atomic mass is 10.1. The summed E-state index contributed by atoms with van der Waals surface area (Å²) in [5.74, 6) is 0.523. The number of rotatable bonds is 5. The molecule has 6 nitrogen and oxygen atoms in total. The van der Waals surface area contributed by atoms with Gasteiger partial charge in [0.25, 0.3) is 0 Å². The topological polar surface area (TPSA) is 61.3 Å². The van der Waals surface area contributed by atoms with E-state index in [9.17, 15) is 12.8 Å². The van der Waals surface area contributed by atoms with Gasteiger partial charge < -0.3 is 9.47 Å². The molecule has 1 aromatic carbocycles. The van der Waals surface area contributed by atoms with E-state index in [1.807, 2.05) is 7.05 Å². The maximum atomic E-state index is 14.0. The van der Waals surface area contributed by atoms with E-state index in [1.54, 1.807) is 28.4 Å². The molecule has 0 saturated carbocycles. The smallest absolute Gasteiger partial charge is 0.202 e. The molecule has 26 heavy (non-hydrogen) atoms. The van der Waals surface area contributed by atoms with Crippen LogP contribution >= 0.6 is 23.8 Å². The van der Waals surface area contributed by atoms with E-state index < -0.39 is 9.84 Å². The van der Waals surface area contributed by atoms with Crippen molar-refractivity contribution in [3.8, 4) is 0 Å². The first kappa shape index (κ1) is 19.5. The van der Waals surface area contributed by atoms with Crippen molar-refractivity contribution in [2.45, 2.75) is 25.6 Å². The predicted octanol–water partition coefficient (Wildman–Crippen LogP) is 1.32. The Kier molecular flexibility index (Phi) is 5.53. The Morgan fingerprint density at radius 1 is 1.46 bits per heavy atom. The van der Waals surface area contributed by atoms with Crippen molar-refractivity contribution >= 4 is 33.7 Å². The number of benzene rings is 1. The molecule has 10 heteroatoms. The van der Waals surface area contributed by atoms with Gasteiger partial charge in [-0.1, -0.05) is 17.7 Å². The fraction of sp³-hybridized carbons (Fsp3) is 0.500. The summed E-state index contributed by atoms with van der Waals surface area (Å²) in [7, 11) is 0.707. The van der Waals surface area contributed by atoms with Crippen molar-refractivity contribution in [2.24, 2.45) is 7.05 Å². The highest BCUT2D eigenvalue weighted by molar-refractivity contribution is 7.91. The average Bonchev–Trinajstić information content (AvgIpc) is 3.05. The van der Waals surface area contributed by atoms with Crippen LogP contribution in [0.15, 0.2) is 18.2 Å². The van der Waals surface area contributed by atoms with E-state index in [0.29, 0.717) is 40.8 Å². The summed E-state index contributed by atoms with van der Waals surface area (Å²) in [5, 5.41) is 4.94. The summed E-state index contributed by atoms with van der Waals surface area (Å²) in [6.45, 7) is 0.813. The van der Waals surface area contributed by atoms with Gasteiger partial charge in [0.1, 0.15) is 18.2 Å². The molecule has 0 amide bonds. The first-order valence-electron chi connectivity index (χ1n) is 8.26. The largest absolute Gasteiger partial charge is 0.315 e. The van der Waals surface area contributed by atoms with Crippen LogP contribution in [0, 0.1) is 10.6 Å². The zero-order chi connectivity index (χ0) is 19.1. The summed E-state index contributed by atoms with van der Waals surface area (Å²) < 4.78 is 41.4. The molecule has 1 aliphatic rings. The molecule has 1 N–H and O–H groups in total. The lowest BCUT2D eigenvalue weighted by molar-refractivity contribution is -0.917. The van der Waals surface area contributed by atoms with Crippen LogP contribution in [-0.4, -0.2) is 41.3 Å². The molecule has 0 aliphatic carbocycles. The van der Waals surface area contributed by atoms with Crippen molar-refractivity contribution in [1.29, 1.82) is 0 Å². The van der Waals surface area contributed by atoms with E-state index in [1.165, 1.54) is 6.07 Å². The lowest BCUT2D eigenvalue weighted by Gasteiger charge is -2.15. The highest BCUT2D eigenvalue weighted by Gasteiger charge is 2.32. The van der Waals surface area contributed by atoms with E-state index in [4.69, 9.17) is 23.8 Å². The third-order valence-corrected chi connectivity index (χ3v) is 7.24. The molecule has 0 spiro atoms. The van der Waals surface area contributed by atoms with E-state index in [0.717, 1.165) is 4.90 Å².